The van der Waals surface area contributed by atoms with Crippen molar-refractivity contribution in [3.8, 4) is 10.6 Å². The first-order valence-corrected chi connectivity index (χ1v) is 9.40. The lowest BCUT2D eigenvalue weighted by Crippen LogP contribution is -2.28. The number of amides is 1. The molecule has 1 atom stereocenters. The zero-order valence-electron chi connectivity index (χ0n) is 13.5. The van der Waals surface area contributed by atoms with Crippen molar-refractivity contribution in [2.24, 2.45) is 0 Å². The van der Waals surface area contributed by atoms with Gasteiger partial charge in [-0.2, -0.15) is 0 Å². The minimum Gasteiger partial charge on any atom is -0.349 e. The van der Waals surface area contributed by atoms with Crippen LogP contribution >= 0.6 is 34.5 Å². The van der Waals surface area contributed by atoms with E-state index in [9.17, 15) is 4.79 Å². The van der Waals surface area contributed by atoms with Gasteiger partial charge in [-0.1, -0.05) is 53.5 Å². The fraction of sp³-hybridized carbons (Fsp3) is 0.158. The average Bonchev–Trinajstić information content (AvgIpc) is 3.03. The molecular formula is C19H16Cl2N2OS. The van der Waals surface area contributed by atoms with Crippen molar-refractivity contribution in [3.63, 3.8) is 0 Å². The van der Waals surface area contributed by atoms with Crippen LogP contribution < -0.4 is 5.32 Å². The highest BCUT2D eigenvalue weighted by atomic mass is 35.5. The van der Waals surface area contributed by atoms with Crippen LogP contribution in [0.5, 0.6) is 0 Å². The summed E-state index contributed by atoms with van der Waals surface area (Å²) in [5.74, 6) is -0.0801. The van der Waals surface area contributed by atoms with Gasteiger partial charge in [-0.3, -0.25) is 4.79 Å². The highest BCUT2D eigenvalue weighted by Crippen LogP contribution is 2.30. The molecule has 1 N–H and O–H groups in total. The molecular weight excluding hydrogens is 375 g/mol. The van der Waals surface area contributed by atoms with Crippen molar-refractivity contribution in [1.29, 1.82) is 0 Å². The van der Waals surface area contributed by atoms with Gasteiger partial charge in [0.2, 0.25) is 5.91 Å². The Bertz CT molecular complexity index is 894. The number of aromatic nitrogens is 1. The number of rotatable bonds is 5. The third-order valence-electron chi connectivity index (χ3n) is 3.72. The Hall–Kier alpha value is -1.88. The molecule has 25 heavy (non-hydrogen) atoms. The van der Waals surface area contributed by atoms with E-state index in [0.29, 0.717) is 10.0 Å². The van der Waals surface area contributed by atoms with Gasteiger partial charge in [0.05, 0.1) is 23.2 Å². The first-order chi connectivity index (χ1) is 12.0. The fourth-order valence-electron chi connectivity index (χ4n) is 2.46. The molecule has 0 saturated heterocycles. The van der Waals surface area contributed by atoms with Gasteiger partial charge in [0.25, 0.3) is 0 Å². The minimum atomic E-state index is -0.118. The molecule has 0 aliphatic heterocycles. The standard InChI is InChI=1S/C19H16Cl2N2OS/c1-12(13-5-4-6-14(20)9-13)22-18(24)10-15-11-25-19(23-15)16-7-2-3-8-17(16)21/h2-9,11-12H,10H2,1H3,(H,22,24). The van der Waals surface area contributed by atoms with E-state index < -0.39 is 0 Å². The summed E-state index contributed by atoms with van der Waals surface area (Å²) in [6.07, 6.45) is 0.228. The number of carbonyl (C=O) groups excluding carboxylic acids is 1. The van der Waals surface area contributed by atoms with E-state index in [-0.39, 0.29) is 18.4 Å². The Kier molecular flexibility index (Phi) is 5.74. The normalized spacial score (nSPS) is 12.0. The van der Waals surface area contributed by atoms with E-state index in [1.807, 2.05) is 60.8 Å². The van der Waals surface area contributed by atoms with Gasteiger partial charge in [-0.05, 0) is 30.7 Å². The van der Waals surface area contributed by atoms with Crippen molar-refractivity contribution in [2.45, 2.75) is 19.4 Å². The maximum Gasteiger partial charge on any atom is 0.226 e. The molecule has 3 nitrogen and oxygen atoms in total. The number of thiazole rings is 1. The molecule has 1 unspecified atom stereocenters. The molecule has 2 aromatic carbocycles. The first kappa shape index (κ1) is 17.9. The summed E-state index contributed by atoms with van der Waals surface area (Å²) < 4.78 is 0. The summed E-state index contributed by atoms with van der Waals surface area (Å²) in [6.45, 7) is 1.93. The van der Waals surface area contributed by atoms with Crippen LogP contribution in [0.15, 0.2) is 53.9 Å². The second-order valence-electron chi connectivity index (χ2n) is 5.64. The number of halogens is 2. The van der Waals surface area contributed by atoms with Crippen LogP contribution in [0.1, 0.15) is 24.2 Å². The number of nitrogens with zero attached hydrogens (tertiary/aromatic N) is 1. The van der Waals surface area contributed by atoms with E-state index in [1.54, 1.807) is 0 Å². The zero-order chi connectivity index (χ0) is 17.8. The number of benzene rings is 2. The summed E-state index contributed by atoms with van der Waals surface area (Å²) in [4.78, 5) is 16.8. The second kappa shape index (κ2) is 8.00. The maximum atomic E-state index is 12.3. The Morgan fingerprint density at radius 1 is 1.20 bits per heavy atom. The Balaban J connectivity index is 1.65. The molecule has 3 aromatic rings. The summed E-state index contributed by atoms with van der Waals surface area (Å²) >= 11 is 13.7. The quantitative estimate of drug-likeness (QED) is 0.621. The molecule has 0 fully saturated rings. The van der Waals surface area contributed by atoms with Crippen LogP contribution in [-0.2, 0) is 11.2 Å². The van der Waals surface area contributed by atoms with E-state index in [1.165, 1.54) is 11.3 Å². The van der Waals surface area contributed by atoms with Gasteiger partial charge in [0.15, 0.2) is 0 Å². The minimum absolute atomic E-state index is 0.0801. The van der Waals surface area contributed by atoms with Crippen LogP contribution in [-0.4, -0.2) is 10.9 Å². The van der Waals surface area contributed by atoms with Gasteiger partial charge >= 0.3 is 0 Å². The van der Waals surface area contributed by atoms with Crippen LogP contribution in [0, 0.1) is 0 Å². The Morgan fingerprint density at radius 3 is 2.76 bits per heavy atom. The summed E-state index contributed by atoms with van der Waals surface area (Å²) in [5, 5.41) is 6.99. The fourth-order valence-corrected chi connectivity index (χ4v) is 3.80. The predicted octanol–water partition coefficient (Wildman–Crippen LogP) is 5.54. The molecule has 0 radical (unpaired) electrons. The molecule has 6 heteroatoms. The smallest absolute Gasteiger partial charge is 0.226 e. The monoisotopic (exact) mass is 390 g/mol. The topological polar surface area (TPSA) is 42.0 Å². The largest absolute Gasteiger partial charge is 0.349 e. The van der Waals surface area contributed by atoms with Crippen molar-refractivity contribution in [1.82, 2.24) is 10.3 Å². The molecule has 0 aliphatic carbocycles. The Morgan fingerprint density at radius 2 is 2.00 bits per heavy atom. The summed E-state index contributed by atoms with van der Waals surface area (Å²) in [7, 11) is 0. The van der Waals surface area contributed by atoms with E-state index in [4.69, 9.17) is 23.2 Å². The SMILES string of the molecule is CC(NC(=O)Cc1csc(-c2ccccc2Cl)n1)c1cccc(Cl)c1. The van der Waals surface area contributed by atoms with Gasteiger partial charge in [-0.15, -0.1) is 11.3 Å². The molecule has 128 valence electrons. The van der Waals surface area contributed by atoms with Crippen molar-refractivity contribution < 1.29 is 4.79 Å². The first-order valence-electron chi connectivity index (χ1n) is 7.77. The molecule has 0 bridgehead atoms. The Labute approximate surface area is 160 Å². The lowest BCUT2D eigenvalue weighted by molar-refractivity contribution is -0.121. The summed E-state index contributed by atoms with van der Waals surface area (Å²) in [6, 6.07) is 14.9. The molecule has 0 saturated carbocycles. The number of carbonyl (C=O) groups is 1. The molecule has 1 heterocycles. The van der Waals surface area contributed by atoms with Crippen molar-refractivity contribution in [3.05, 3.63) is 75.2 Å². The second-order valence-corrected chi connectivity index (χ2v) is 7.35. The maximum absolute atomic E-state index is 12.3. The van der Waals surface area contributed by atoms with E-state index in [2.05, 4.69) is 10.3 Å². The molecule has 0 spiro atoms. The highest BCUT2D eigenvalue weighted by molar-refractivity contribution is 7.13. The lowest BCUT2D eigenvalue weighted by Gasteiger charge is -2.14. The number of nitrogens with one attached hydrogen (secondary N) is 1. The molecule has 3 rings (SSSR count). The zero-order valence-corrected chi connectivity index (χ0v) is 15.8. The van der Waals surface area contributed by atoms with Gasteiger partial charge < -0.3 is 5.32 Å². The molecule has 1 aromatic heterocycles. The van der Waals surface area contributed by atoms with Gasteiger partial charge in [0, 0.05) is 16.0 Å². The summed E-state index contributed by atoms with van der Waals surface area (Å²) in [5.41, 5.74) is 2.58. The molecule has 1 amide bonds. The number of hydrogen-bond acceptors (Lipinski definition) is 3. The molecule has 0 aliphatic rings. The van der Waals surface area contributed by atoms with E-state index >= 15 is 0 Å². The van der Waals surface area contributed by atoms with Gasteiger partial charge in [-0.25, -0.2) is 4.98 Å². The predicted molar refractivity (Wildman–Crippen MR) is 104 cm³/mol. The van der Waals surface area contributed by atoms with Crippen LogP contribution in [0.4, 0.5) is 0 Å². The van der Waals surface area contributed by atoms with E-state index in [0.717, 1.165) is 21.8 Å². The number of hydrogen-bond donors (Lipinski definition) is 1. The van der Waals surface area contributed by atoms with Gasteiger partial charge in [0.1, 0.15) is 5.01 Å². The average molecular weight is 391 g/mol. The van der Waals surface area contributed by atoms with Crippen molar-refractivity contribution >= 4 is 40.4 Å². The van der Waals surface area contributed by atoms with Crippen molar-refractivity contribution in [2.75, 3.05) is 0 Å². The van der Waals surface area contributed by atoms with Crippen LogP contribution in [0.3, 0.4) is 0 Å². The lowest BCUT2D eigenvalue weighted by atomic mass is 10.1. The van der Waals surface area contributed by atoms with Crippen LogP contribution in [0.25, 0.3) is 10.6 Å². The highest BCUT2D eigenvalue weighted by Gasteiger charge is 2.13. The van der Waals surface area contributed by atoms with Crippen LogP contribution in [0.2, 0.25) is 10.0 Å². The third kappa shape index (κ3) is 4.60. The third-order valence-corrected chi connectivity index (χ3v) is 5.21.